The lowest BCUT2D eigenvalue weighted by atomic mass is 9.96. The van der Waals surface area contributed by atoms with Gasteiger partial charge in [-0.2, -0.15) is 0 Å². The molecule has 0 aromatic carbocycles. The molecule has 2 rings (SSSR count). The summed E-state index contributed by atoms with van der Waals surface area (Å²) in [6.45, 7) is 6.55. The van der Waals surface area contributed by atoms with Gasteiger partial charge in [-0.3, -0.25) is 0 Å². The first kappa shape index (κ1) is 16.0. The molecule has 2 heterocycles. The number of nitrogens with one attached hydrogen (secondary N) is 2. The summed E-state index contributed by atoms with van der Waals surface area (Å²) >= 11 is 0. The summed E-state index contributed by atoms with van der Waals surface area (Å²) in [5.74, 6) is 2.43. The van der Waals surface area contributed by atoms with Crippen molar-refractivity contribution in [3.63, 3.8) is 0 Å². The molecule has 1 aromatic heterocycles. The molecule has 7 heteroatoms. The van der Waals surface area contributed by atoms with Crippen molar-refractivity contribution in [2.24, 2.45) is 0 Å². The van der Waals surface area contributed by atoms with Crippen molar-refractivity contribution >= 4 is 21.5 Å². The van der Waals surface area contributed by atoms with E-state index < -0.39 is 9.84 Å². The van der Waals surface area contributed by atoms with Gasteiger partial charge < -0.3 is 10.6 Å². The molecule has 21 heavy (non-hydrogen) atoms. The maximum absolute atomic E-state index is 11.8. The first-order valence-corrected chi connectivity index (χ1v) is 8.96. The average Bonchev–Trinajstić information content (AvgIpc) is 2.74. The van der Waals surface area contributed by atoms with E-state index in [9.17, 15) is 8.42 Å². The van der Waals surface area contributed by atoms with Crippen LogP contribution in [0.15, 0.2) is 6.07 Å². The van der Waals surface area contributed by atoms with Crippen LogP contribution in [0.25, 0.3) is 0 Å². The van der Waals surface area contributed by atoms with Crippen molar-refractivity contribution in [2.45, 2.75) is 44.3 Å². The highest BCUT2D eigenvalue weighted by atomic mass is 32.2. The minimum Gasteiger partial charge on any atom is -0.373 e. The number of anilines is 2. The summed E-state index contributed by atoms with van der Waals surface area (Å²) in [5, 5.41) is 5.87. The van der Waals surface area contributed by atoms with E-state index in [0.717, 1.165) is 24.5 Å². The van der Waals surface area contributed by atoms with Gasteiger partial charge in [-0.05, 0) is 12.8 Å². The molecule has 6 nitrogen and oxygen atoms in total. The Bertz CT molecular complexity index is 608. The van der Waals surface area contributed by atoms with Crippen LogP contribution in [-0.2, 0) is 15.3 Å². The summed E-state index contributed by atoms with van der Waals surface area (Å²) in [5.41, 5.74) is -0.164. The van der Waals surface area contributed by atoms with E-state index >= 15 is 0 Å². The zero-order valence-electron chi connectivity index (χ0n) is 13.1. The number of nitrogens with zero attached hydrogens (tertiary/aromatic N) is 2. The Morgan fingerprint density at radius 2 is 1.95 bits per heavy atom. The number of hydrogen-bond acceptors (Lipinski definition) is 6. The molecular formula is C14H24N4O2S. The molecule has 1 fully saturated rings. The van der Waals surface area contributed by atoms with E-state index in [1.54, 1.807) is 13.1 Å². The molecule has 1 aliphatic rings. The van der Waals surface area contributed by atoms with Gasteiger partial charge in [0, 0.05) is 25.1 Å². The molecule has 1 aliphatic heterocycles. The van der Waals surface area contributed by atoms with Crippen LogP contribution in [0.4, 0.5) is 11.6 Å². The van der Waals surface area contributed by atoms with Crippen LogP contribution in [0.1, 0.15) is 39.4 Å². The Hall–Kier alpha value is -1.37. The highest BCUT2D eigenvalue weighted by molar-refractivity contribution is 7.92. The van der Waals surface area contributed by atoms with Crippen molar-refractivity contribution in [1.29, 1.82) is 0 Å². The maximum atomic E-state index is 11.8. The highest BCUT2D eigenvalue weighted by Gasteiger charge is 2.31. The first-order valence-electron chi connectivity index (χ1n) is 7.25. The van der Waals surface area contributed by atoms with Crippen LogP contribution >= 0.6 is 0 Å². The molecule has 1 unspecified atom stereocenters. The second-order valence-corrected chi connectivity index (χ2v) is 8.87. The maximum Gasteiger partial charge on any atom is 0.154 e. The molecule has 0 amide bonds. The van der Waals surface area contributed by atoms with E-state index in [-0.39, 0.29) is 10.7 Å². The molecule has 2 N–H and O–H groups in total. The monoisotopic (exact) mass is 312 g/mol. The minimum absolute atomic E-state index is 0.164. The van der Waals surface area contributed by atoms with Gasteiger partial charge in [-0.25, -0.2) is 18.4 Å². The molecule has 1 aromatic rings. The molecule has 0 saturated carbocycles. The summed E-state index contributed by atoms with van der Waals surface area (Å²) < 4.78 is 23.7. The lowest BCUT2D eigenvalue weighted by molar-refractivity contribution is 0.546. The Labute approximate surface area is 126 Å². The standard InChI is InChI=1S/C14H24N4O2S/c1-14(2,3)13-17-11(15-4)8-12(18-13)16-9-10-6-5-7-21(10,19)20/h8,10H,5-7,9H2,1-4H3,(H2,15,16,17,18). The number of sulfone groups is 1. The Morgan fingerprint density at radius 1 is 1.29 bits per heavy atom. The van der Waals surface area contributed by atoms with Gasteiger partial charge >= 0.3 is 0 Å². The number of aromatic nitrogens is 2. The molecular weight excluding hydrogens is 288 g/mol. The molecule has 118 valence electrons. The summed E-state index contributed by atoms with van der Waals surface area (Å²) in [6, 6.07) is 1.80. The lowest BCUT2D eigenvalue weighted by Gasteiger charge is -2.19. The van der Waals surface area contributed by atoms with Crippen molar-refractivity contribution < 1.29 is 8.42 Å². The normalized spacial score (nSPS) is 21.2. The largest absolute Gasteiger partial charge is 0.373 e. The van der Waals surface area contributed by atoms with E-state index in [1.807, 2.05) is 20.8 Å². The molecule has 0 aliphatic carbocycles. The number of rotatable bonds is 4. The number of hydrogen-bond donors (Lipinski definition) is 2. The average molecular weight is 312 g/mol. The van der Waals surface area contributed by atoms with Crippen molar-refractivity contribution in [1.82, 2.24) is 9.97 Å². The predicted molar refractivity (Wildman–Crippen MR) is 85.6 cm³/mol. The second-order valence-electron chi connectivity index (χ2n) is 6.47. The van der Waals surface area contributed by atoms with Crippen LogP contribution in [0.3, 0.4) is 0 Å². The second kappa shape index (κ2) is 5.79. The fourth-order valence-corrected chi connectivity index (χ4v) is 4.07. The van der Waals surface area contributed by atoms with Gasteiger partial charge in [0.1, 0.15) is 17.5 Å². The topological polar surface area (TPSA) is 84.0 Å². The highest BCUT2D eigenvalue weighted by Crippen LogP contribution is 2.24. The summed E-state index contributed by atoms with van der Waals surface area (Å²) in [7, 11) is -1.13. The van der Waals surface area contributed by atoms with E-state index in [2.05, 4.69) is 20.6 Å². The van der Waals surface area contributed by atoms with Crippen molar-refractivity contribution in [3.05, 3.63) is 11.9 Å². The third kappa shape index (κ3) is 3.84. The van der Waals surface area contributed by atoms with Gasteiger partial charge in [-0.1, -0.05) is 20.8 Å². The van der Waals surface area contributed by atoms with Crippen molar-refractivity contribution in [2.75, 3.05) is 30.0 Å². The predicted octanol–water partition coefficient (Wildman–Crippen LogP) is 1.80. The summed E-state index contributed by atoms with van der Waals surface area (Å²) in [4.78, 5) is 8.96. The third-order valence-corrected chi connectivity index (χ3v) is 5.90. The Morgan fingerprint density at radius 3 is 2.48 bits per heavy atom. The molecule has 1 atom stereocenters. The fraction of sp³-hybridized carbons (Fsp3) is 0.714. The molecule has 1 saturated heterocycles. The molecule has 0 bridgehead atoms. The van der Waals surface area contributed by atoms with Gasteiger partial charge in [0.2, 0.25) is 0 Å². The van der Waals surface area contributed by atoms with E-state index in [1.165, 1.54) is 0 Å². The Kier molecular flexibility index (Phi) is 4.41. The molecule has 0 spiro atoms. The first-order chi connectivity index (χ1) is 9.72. The van der Waals surface area contributed by atoms with Gasteiger partial charge in [0.05, 0.1) is 11.0 Å². The van der Waals surface area contributed by atoms with Crippen LogP contribution in [0.5, 0.6) is 0 Å². The van der Waals surface area contributed by atoms with Crippen LogP contribution in [0, 0.1) is 0 Å². The zero-order chi connectivity index (χ0) is 15.7. The lowest BCUT2D eigenvalue weighted by Crippen LogP contribution is -2.26. The van der Waals surface area contributed by atoms with Gasteiger partial charge in [0.25, 0.3) is 0 Å². The van der Waals surface area contributed by atoms with Gasteiger partial charge in [-0.15, -0.1) is 0 Å². The fourth-order valence-electron chi connectivity index (χ4n) is 2.31. The smallest absolute Gasteiger partial charge is 0.154 e. The quantitative estimate of drug-likeness (QED) is 0.882. The van der Waals surface area contributed by atoms with Crippen LogP contribution in [-0.4, -0.2) is 43.0 Å². The van der Waals surface area contributed by atoms with Gasteiger partial charge in [0.15, 0.2) is 9.84 Å². The SMILES string of the molecule is CNc1cc(NCC2CCCS2(=O)=O)nc(C(C)(C)C)n1. The van der Waals surface area contributed by atoms with E-state index in [0.29, 0.717) is 18.1 Å². The Balaban J connectivity index is 2.16. The third-order valence-electron chi connectivity index (χ3n) is 3.63. The van der Waals surface area contributed by atoms with Crippen molar-refractivity contribution in [3.8, 4) is 0 Å². The minimum atomic E-state index is -2.93. The molecule has 0 radical (unpaired) electrons. The van der Waals surface area contributed by atoms with Crippen LogP contribution < -0.4 is 10.6 Å². The van der Waals surface area contributed by atoms with Crippen LogP contribution in [0.2, 0.25) is 0 Å². The van der Waals surface area contributed by atoms with E-state index in [4.69, 9.17) is 0 Å². The zero-order valence-corrected chi connectivity index (χ0v) is 13.9. The summed E-state index contributed by atoms with van der Waals surface area (Å²) in [6.07, 6.45) is 1.49.